The van der Waals surface area contributed by atoms with Crippen LogP contribution in [0.5, 0.6) is 0 Å². The van der Waals surface area contributed by atoms with Crippen LogP contribution in [0.15, 0.2) is 24.4 Å². The van der Waals surface area contributed by atoms with Crippen LogP contribution in [0.2, 0.25) is 0 Å². The number of ether oxygens (including phenoxy) is 5. The third-order valence-electron chi connectivity index (χ3n) is 5.76. The van der Waals surface area contributed by atoms with Crippen LogP contribution in [-0.2, 0) is 49.3 Å². The lowest BCUT2D eigenvalue weighted by Gasteiger charge is -2.44. The van der Waals surface area contributed by atoms with E-state index in [9.17, 15) is 19.2 Å². The van der Waals surface area contributed by atoms with Gasteiger partial charge in [-0.2, -0.15) is 5.10 Å². The summed E-state index contributed by atoms with van der Waals surface area (Å²) in [6, 6.07) is 5.49. The second-order valence-electron chi connectivity index (χ2n) is 9.00. The minimum absolute atomic E-state index is 0.296. The molecule has 0 aliphatic carbocycles. The Hall–Kier alpha value is -3.93. The molecule has 1 saturated heterocycles. The highest BCUT2D eigenvalue weighted by atomic mass is 16.7. The van der Waals surface area contributed by atoms with Crippen molar-refractivity contribution in [3.05, 3.63) is 52.6 Å². The standard InChI is InChI=1S/C26H31N3O9/c1-13-7-8-19(9-20(13)10-22-27-11-14(2)28-29-22)23-25(36-17(5)32)26(37-18(6)33)24(35-16(4)31)21(38-23)12-34-15(3)30/h7-9,11,21,23-26H,10,12H2,1-6H3/t21-,23+,24-,25+,26+/m1/s1. The molecule has 0 unspecified atom stereocenters. The minimum atomic E-state index is -1.24. The molecule has 0 bridgehead atoms. The van der Waals surface area contributed by atoms with Gasteiger partial charge in [0.15, 0.2) is 24.1 Å². The molecule has 1 aromatic heterocycles. The third kappa shape index (κ3) is 7.54. The molecule has 204 valence electrons. The van der Waals surface area contributed by atoms with Crippen molar-refractivity contribution in [3.63, 3.8) is 0 Å². The van der Waals surface area contributed by atoms with Crippen molar-refractivity contribution in [2.75, 3.05) is 6.61 Å². The lowest BCUT2D eigenvalue weighted by Crippen LogP contribution is -2.59. The lowest BCUT2D eigenvalue weighted by atomic mass is 9.89. The highest BCUT2D eigenvalue weighted by Crippen LogP contribution is 2.38. The molecule has 0 saturated carbocycles. The van der Waals surface area contributed by atoms with Crippen molar-refractivity contribution >= 4 is 23.9 Å². The molecule has 1 aliphatic rings. The third-order valence-corrected chi connectivity index (χ3v) is 5.76. The molecule has 1 fully saturated rings. The summed E-state index contributed by atoms with van der Waals surface area (Å²) in [5.41, 5.74) is 3.09. The number of hydrogen-bond donors (Lipinski definition) is 0. The molecular formula is C26H31N3O9. The first-order chi connectivity index (χ1) is 17.9. The molecule has 0 amide bonds. The van der Waals surface area contributed by atoms with Gasteiger partial charge in [0, 0.05) is 34.1 Å². The van der Waals surface area contributed by atoms with E-state index in [1.54, 1.807) is 19.2 Å². The zero-order chi connectivity index (χ0) is 28.0. The summed E-state index contributed by atoms with van der Waals surface area (Å²) in [4.78, 5) is 52.0. The van der Waals surface area contributed by atoms with Gasteiger partial charge in [-0.1, -0.05) is 18.2 Å². The summed E-state index contributed by atoms with van der Waals surface area (Å²) in [6.45, 7) is 8.20. The van der Waals surface area contributed by atoms with Gasteiger partial charge in [0.2, 0.25) is 0 Å². The second-order valence-corrected chi connectivity index (χ2v) is 9.00. The van der Waals surface area contributed by atoms with Crippen LogP contribution in [0, 0.1) is 13.8 Å². The smallest absolute Gasteiger partial charge is 0.303 e. The van der Waals surface area contributed by atoms with Gasteiger partial charge in [-0.3, -0.25) is 19.2 Å². The molecule has 5 atom stereocenters. The van der Waals surface area contributed by atoms with Gasteiger partial charge in [0.1, 0.15) is 18.8 Å². The number of benzene rings is 1. The SMILES string of the molecule is CC(=O)OC[C@H]1O[C@@H](c2ccc(C)c(Cc3ncc(C)nn3)c2)[C@H](OC(C)=O)[C@@H](OC(C)=O)[C@@H]1OC(C)=O. The normalized spacial score (nSPS) is 22.7. The molecule has 0 spiro atoms. The van der Waals surface area contributed by atoms with E-state index in [4.69, 9.17) is 23.7 Å². The van der Waals surface area contributed by atoms with Crippen molar-refractivity contribution in [2.45, 2.75) is 78.5 Å². The zero-order valence-electron chi connectivity index (χ0n) is 22.1. The van der Waals surface area contributed by atoms with Gasteiger partial charge in [0.25, 0.3) is 0 Å². The number of aromatic nitrogens is 3. The molecule has 1 aliphatic heterocycles. The Bertz CT molecular complexity index is 1180. The maximum Gasteiger partial charge on any atom is 0.303 e. The van der Waals surface area contributed by atoms with E-state index in [0.29, 0.717) is 23.5 Å². The van der Waals surface area contributed by atoms with E-state index in [0.717, 1.165) is 11.1 Å². The molecule has 2 aromatic rings. The average molecular weight is 530 g/mol. The Morgan fingerprint density at radius 2 is 1.47 bits per heavy atom. The van der Waals surface area contributed by atoms with E-state index in [2.05, 4.69) is 15.2 Å². The van der Waals surface area contributed by atoms with E-state index in [1.807, 2.05) is 19.1 Å². The molecule has 12 nitrogen and oxygen atoms in total. The van der Waals surface area contributed by atoms with E-state index < -0.39 is 54.4 Å². The van der Waals surface area contributed by atoms with Crippen molar-refractivity contribution < 1.29 is 42.9 Å². The lowest BCUT2D eigenvalue weighted by molar-refractivity contribution is -0.254. The highest BCUT2D eigenvalue weighted by Gasteiger charge is 2.52. The van der Waals surface area contributed by atoms with Gasteiger partial charge in [-0.05, 0) is 30.5 Å². The Balaban J connectivity index is 2.06. The van der Waals surface area contributed by atoms with Gasteiger partial charge in [0.05, 0.1) is 11.9 Å². The number of esters is 4. The van der Waals surface area contributed by atoms with Crippen molar-refractivity contribution in [2.24, 2.45) is 0 Å². The fourth-order valence-corrected chi connectivity index (χ4v) is 4.16. The van der Waals surface area contributed by atoms with Crippen LogP contribution in [0.1, 0.15) is 62.0 Å². The average Bonchev–Trinajstić information content (AvgIpc) is 2.82. The fraction of sp³-hybridized carbons (Fsp3) is 0.500. The predicted molar refractivity (Wildman–Crippen MR) is 129 cm³/mol. The first kappa shape index (κ1) is 28.6. The number of nitrogens with zero attached hydrogens (tertiary/aromatic N) is 3. The maximum absolute atomic E-state index is 12.1. The van der Waals surface area contributed by atoms with Crippen LogP contribution < -0.4 is 0 Å². The summed E-state index contributed by atoms with van der Waals surface area (Å²) in [5, 5.41) is 8.18. The van der Waals surface area contributed by atoms with Gasteiger partial charge in [-0.15, -0.1) is 5.10 Å². The second kappa shape index (κ2) is 12.5. The summed E-state index contributed by atoms with van der Waals surface area (Å²) < 4.78 is 27.9. The Morgan fingerprint density at radius 1 is 0.842 bits per heavy atom. The van der Waals surface area contributed by atoms with Crippen molar-refractivity contribution in [3.8, 4) is 0 Å². The van der Waals surface area contributed by atoms with E-state index >= 15 is 0 Å². The Kier molecular flexibility index (Phi) is 9.45. The number of rotatable bonds is 8. The quantitative estimate of drug-likeness (QED) is 0.362. The number of aryl methyl sites for hydroxylation is 2. The Labute approximate surface area is 220 Å². The highest BCUT2D eigenvalue weighted by molar-refractivity contribution is 5.69. The summed E-state index contributed by atoms with van der Waals surface area (Å²) in [6.07, 6.45) is -3.63. The largest absolute Gasteiger partial charge is 0.463 e. The minimum Gasteiger partial charge on any atom is -0.463 e. The molecule has 12 heteroatoms. The van der Waals surface area contributed by atoms with Crippen molar-refractivity contribution in [1.29, 1.82) is 0 Å². The summed E-state index contributed by atoms with van der Waals surface area (Å²) in [5.74, 6) is -2.11. The fourth-order valence-electron chi connectivity index (χ4n) is 4.16. The first-order valence-corrected chi connectivity index (χ1v) is 12.0. The van der Waals surface area contributed by atoms with Gasteiger partial charge < -0.3 is 23.7 Å². The van der Waals surface area contributed by atoms with Gasteiger partial charge in [-0.25, -0.2) is 4.98 Å². The molecule has 3 rings (SSSR count). The van der Waals surface area contributed by atoms with Gasteiger partial charge >= 0.3 is 23.9 Å². The molecular weight excluding hydrogens is 498 g/mol. The first-order valence-electron chi connectivity index (χ1n) is 12.0. The Morgan fingerprint density at radius 3 is 2.05 bits per heavy atom. The molecule has 0 N–H and O–H groups in total. The van der Waals surface area contributed by atoms with Crippen LogP contribution in [-0.4, -0.2) is 70.1 Å². The number of carbonyl (C=O) groups is 4. The van der Waals surface area contributed by atoms with E-state index in [-0.39, 0.29) is 6.61 Å². The number of hydrogen-bond acceptors (Lipinski definition) is 12. The molecule has 38 heavy (non-hydrogen) atoms. The topological polar surface area (TPSA) is 153 Å². The van der Waals surface area contributed by atoms with Crippen LogP contribution >= 0.6 is 0 Å². The number of carbonyl (C=O) groups excluding carboxylic acids is 4. The van der Waals surface area contributed by atoms with E-state index in [1.165, 1.54) is 27.7 Å². The van der Waals surface area contributed by atoms with Crippen LogP contribution in [0.3, 0.4) is 0 Å². The maximum atomic E-state index is 12.1. The van der Waals surface area contributed by atoms with Crippen LogP contribution in [0.25, 0.3) is 0 Å². The summed E-state index contributed by atoms with van der Waals surface area (Å²) in [7, 11) is 0. The van der Waals surface area contributed by atoms with Crippen molar-refractivity contribution in [1.82, 2.24) is 15.2 Å². The summed E-state index contributed by atoms with van der Waals surface area (Å²) >= 11 is 0. The van der Waals surface area contributed by atoms with Crippen LogP contribution in [0.4, 0.5) is 0 Å². The predicted octanol–water partition coefficient (Wildman–Crippen LogP) is 1.88. The molecule has 2 heterocycles. The zero-order valence-corrected chi connectivity index (χ0v) is 22.1. The molecule has 1 aromatic carbocycles. The molecule has 0 radical (unpaired) electrons. The monoisotopic (exact) mass is 529 g/mol.